The van der Waals surface area contributed by atoms with E-state index in [1.807, 2.05) is 13.0 Å². The summed E-state index contributed by atoms with van der Waals surface area (Å²) in [5.41, 5.74) is 2.78. The largest absolute Gasteiger partial charge is 0.384 e. The number of nitrogens with zero attached hydrogens (tertiary/aromatic N) is 2. The summed E-state index contributed by atoms with van der Waals surface area (Å²) < 4.78 is 1.70. The molecule has 4 nitrogen and oxygen atoms in total. The first kappa shape index (κ1) is 12.6. The monoisotopic (exact) mass is 245 g/mol. The highest BCUT2D eigenvalue weighted by Crippen LogP contribution is 2.18. The molecule has 2 heterocycles. The van der Waals surface area contributed by atoms with Gasteiger partial charge in [0.15, 0.2) is 0 Å². The Kier molecular flexibility index (Phi) is 3.36. The molecular weight excluding hydrogens is 226 g/mol. The summed E-state index contributed by atoms with van der Waals surface area (Å²) in [4.78, 5) is 16.5. The maximum absolute atomic E-state index is 12.3. The van der Waals surface area contributed by atoms with E-state index in [0.717, 1.165) is 22.6 Å². The first-order valence-corrected chi connectivity index (χ1v) is 6.19. The predicted molar refractivity (Wildman–Crippen MR) is 74.4 cm³/mol. The molecule has 0 fully saturated rings. The van der Waals surface area contributed by atoms with Gasteiger partial charge in [0.25, 0.3) is 5.56 Å². The third-order valence-electron chi connectivity index (χ3n) is 3.28. The summed E-state index contributed by atoms with van der Waals surface area (Å²) in [5.74, 6) is 1.12. The lowest BCUT2D eigenvalue weighted by Crippen LogP contribution is -2.28. The molecule has 2 rings (SSSR count). The van der Waals surface area contributed by atoms with Gasteiger partial charge >= 0.3 is 0 Å². The van der Waals surface area contributed by atoms with Crippen molar-refractivity contribution in [2.75, 3.05) is 0 Å². The minimum atomic E-state index is 0.0477. The van der Waals surface area contributed by atoms with Crippen molar-refractivity contribution >= 4 is 12.0 Å². The topological polar surface area (TPSA) is 46.4 Å². The van der Waals surface area contributed by atoms with Crippen LogP contribution in [0.2, 0.25) is 0 Å². The van der Waals surface area contributed by atoms with Crippen LogP contribution in [0.15, 0.2) is 28.1 Å². The third kappa shape index (κ3) is 2.23. The van der Waals surface area contributed by atoms with Crippen molar-refractivity contribution in [2.45, 2.75) is 33.9 Å². The Morgan fingerprint density at radius 3 is 3.00 bits per heavy atom. The molecule has 1 aromatic rings. The van der Waals surface area contributed by atoms with Gasteiger partial charge in [-0.3, -0.25) is 9.36 Å². The van der Waals surface area contributed by atoms with Crippen molar-refractivity contribution < 1.29 is 0 Å². The fraction of sp³-hybridized carbons (Fsp3) is 0.429. The molecule has 4 heteroatoms. The smallest absolute Gasteiger partial charge is 0.257 e. The van der Waals surface area contributed by atoms with Crippen LogP contribution >= 0.6 is 0 Å². The molecule has 1 aliphatic rings. The van der Waals surface area contributed by atoms with Crippen LogP contribution in [0, 0.1) is 12.8 Å². The van der Waals surface area contributed by atoms with Crippen molar-refractivity contribution in [3.63, 3.8) is 0 Å². The van der Waals surface area contributed by atoms with Crippen LogP contribution in [0.25, 0.3) is 0 Å². The number of hydrogen-bond acceptors (Lipinski definition) is 3. The zero-order chi connectivity index (χ0) is 13.3. The fourth-order valence-electron chi connectivity index (χ4n) is 1.91. The molecular formula is C14H19N3O. The van der Waals surface area contributed by atoms with E-state index < -0.39 is 0 Å². The number of pyridine rings is 1. The number of aliphatic imine (C=N–C) groups is 1. The molecule has 1 aliphatic heterocycles. The van der Waals surface area contributed by atoms with Gasteiger partial charge in [-0.2, -0.15) is 0 Å². The van der Waals surface area contributed by atoms with E-state index >= 15 is 0 Å². The van der Waals surface area contributed by atoms with E-state index in [0.29, 0.717) is 19.0 Å². The highest BCUT2D eigenvalue weighted by molar-refractivity contribution is 5.67. The number of nitrogens with one attached hydrogen (secondary N) is 1. The highest BCUT2D eigenvalue weighted by atomic mass is 16.1. The number of allylic oxidation sites excluding steroid dienone is 1. The summed E-state index contributed by atoms with van der Waals surface area (Å²) in [6, 6.07) is 1.96. The van der Waals surface area contributed by atoms with E-state index in [1.165, 1.54) is 0 Å². The number of hydrogen-bond donors (Lipinski definition) is 1. The Hall–Kier alpha value is -1.84. The van der Waals surface area contributed by atoms with E-state index in [-0.39, 0.29) is 5.56 Å². The van der Waals surface area contributed by atoms with Gasteiger partial charge in [0.2, 0.25) is 0 Å². The van der Waals surface area contributed by atoms with E-state index in [1.54, 1.807) is 10.8 Å². The summed E-state index contributed by atoms with van der Waals surface area (Å²) in [6.07, 6.45) is 1.76. The van der Waals surface area contributed by atoms with Crippen LogP contribution < -0.4 is 10.9 Å². The average molecular weight is 245 g/mol. The Balaban J connectivity index is 2.25. The minimum absolute atomic E-state index is 0.0477. The molecule has 18 heavy (non-hydrogen) atoms. The normalized spacial score (nSPS) is 12.9. The fourth-order valence-corrected chi connectivity index (χ4v) is 1.91. The van der Waals surface area contributed by atoms with Crippen molar-refractivity contribution in [1.29, 1.82) is 0 Å². The molecule has 96 valence electrons. The summed E-state index contributed by atoms with van der Waals surface area (Å²) >= 11 is 0. The van der Waals surface area contributed by atoms with E-state index in [4.69, 9.17) is 0 Å². The maximum atomic E-state index is 12.3. The van der Waals surface area contributed by atoms with Gasteiger partial charge in [-0.1, -0.05) is 20.4 Å². The SMILES string of the molecule is C=C(NCc1c(C)cc2n(c1=O)CC=N2)C(C)C. The number of rotatable bonds is 4. The molecule has 0 saturated carbocycles. The van der Waals surface area contributed by atoms with Crippen molar-refractivity contribution in [3.8, 4) is 0 Å². The summed E-state index contributed by atoms with van der Waals surface area (Å²) in [5, 5.41) is 3.22. The van der Waals surface area contributed by atoms with Crippen LogP contribution in [0.5, 0.6) is 0 Å². The zero-order valence-electron chi connectivity index (χ0n) is 11.2. The lowest BCUT2D eigenvalue weighted by atomic mass is 10.1. The Morgan fingerprint density at radius 1 is 1.61 bits per heavy atom. The molecule has 0 atom stereocenters. The standard InChI is InChI=1S/C14H19N3O/c1-9(2)11(4)16-8-12-10(3)7-13-15-5-6-17(13)14(12)18/h5,7,9,16H,4,6,8H2,1-3H3. The Labute approximate surface area is 107 Å². The molecule has 1 aromatic heterocycles. The number of aryl methyl sites for hydroxylation is 1. The van der Waals surface area contributed by atoms with Gasteiger partial charge in [-0.15, -0.1) is 0 Å². The van der Waals surface area contributed by atoms with Gasteiger partial charge in [-0.05, 0) is 24.5 Å². The van der Waals surface area contributed by atoms with Crippen LogP contribution in [0.1, 0.15) is 25.0 Å². The number of aromatic nitrogens is 1. The van der Waals surface area contributed by atoms with Crippen molar-refractivity contribution in [2.24, 2.45) is 10.9 Å². The predicted octanol–water partition coefficient (Wildman–Crippen LogP) is 2.13. The van der Waals surface area contributed by atoms with Crippen LogP contribution in [0.4, 0.5) is 5.82 Å². The van der Waals surface area contributed by atoms with Gasteiger partial charge in [-0.25, -0.2) is 4.99 Å². The third-order valence-corrected chi connectivity index (χ3v) is 3.28. The molecule has 0 bridgehead atoms. The first-order chi connectivity index (χ1) is 8.50. The first-order valence-electron chi connectivity index (χ1n) is 6.19. The van der Waals surface area contributed by atoms with Gasteiger partial charge in [0.05, 0.1) is 6.54 Å². The minimum Gasteiger partial charge on any atom is -0.384 e. The van der Waals surface area contributed by atoms with Crippen molar-refractivity contribution in [1.82, 2.24) is 9.88 Å². The summed E-state index contributed by atoms with van der Waals surface area (Å²) in [7, 11) is 0. The quantitative estimate of drug-likeness (QED) is 0.883. The molecule has 1 N–H and O–H groups in total. The van der Waals surface area contributed by atoms with Crippen LogP contribution in [0.3, 0.4) is 0 Å². The average Bonchev–Trinajstić information content (AvgIpc) is 2.76. The second kappa shape index (κ2) is 4.80. The number of fused-ring (bicyclic) bond motifs is 1. The zero-order valence-corrected chi connectivity index (χ0v) is 11.2. The molecule has 0 amide bonds. The molecule has 0 radical (unpaired) electrons. The highest BCUT2D eigenvalue weighted by Gasteiger charge is 2.14. The molecule has 0 unspecified atom stereocenters. The molecule has 0 spiro atoms. The van der Waals surface area contributed by atoms with E-state index in [9.17, 15) is 4.79 Å². The van der Waals surface area contributed by atoms with Crippen LogP contribution in [-0.2, 0) is 13.1 Å². The van der Waals surface area contributed by atoms with Gasteiger partial charge < -0.3 is 5.32 Å². The van der Waals surface area contributed by atoms with Crippen LogP contribution in [-0.4, -0.2) is 10.8 Å². The van der Waals surface area contributed by atoms with Gasteiger partial charge in [0.1, 0.15) is 5.82 Å². The van der Waals surface area contributed by atoms with Crippen molar-refractivity contribution in [3.05, 3.63) is 39.8 Å². The lowest BCUT2D eigenvalue weighted by Gasteiger charge is -2.14. The van der Waals surface area contributed by atoms with Gasteiger partial charge in [0, 0.05) is 24.0 Å². The Bertz CT molecular complexity index is 567. The lowest BCUT2D eigenvalue weighted by molar-refractivity contribution is 0.648. The molecule has 0 saturated heterocycles. The second-order valence-corrected chi connectivity index (χ2v) is 4.93. The van der Waals surface area contributed by atoms with E-state index in [2.05, 4.69) is 30.7 Å². The maximum Gasteiger partial charge on any atom is 0.257 e. The molecule has 0 aromatic carbocycles. The Morgan fingerprint density at radius 2 is 2.33 bits per heavy atom. The second-order valence-electron chi connectivity index (χ2n) is 4.93. The summed E-state index contributed by atoms with van der Waals surface area (Å²) in [6.45, 7) is 11.2. The molecule has 0 aliphatic carbocycles.